The maximum Gasteiger partial charge on any atom is 0.315 e. The molecular weight excluding hydrogens is 208 g/mol. The van der Waals surface area contributed by atoms with E-state index in [0.717, 1.165) is 30.8 Å². The van der Waals surface area contributed by atoms with Crippen LogP contribution in [0.3, 0.4) is 0 Å². The van der Waals surface area contributed by atoms with Gasteiger partial charge in [0.05, 0.1) is 0 Å². The van der Waals surface area contributed by atoms with Gasteiger partial charge in [-0.15, -0.1) is 6.58 Å². The molecule has 0 aromatic rings. The third-order valence-corrected chi connectivity index (χ3v) is 3.71. The molecule has 2 amide bonds. The van der Waals surface area contributed by atoms with Crippen molar-refractivity contribution in [3.8, 4) is 0 Å². The van der Waals surface area contributed by atoms with Gasteiger partial charge in [0.2, 0.25) is 0 Å². The average Bonchev–Trinajstić information content (AvgIpc) is 2.69. The molecule has 0 bridgehead atoms. The highest BCUT2D eigenvalue weighted by atomic mass is 32.2. The largest absolute Gasteiger partial charge is 0.335 e. The molecule has 1 saturated heterocycles. The SMILES string of the molecule is C=CCC(CC)NC(=O)NC1CCSC1. The van der Waals surface area contributed by atoms with Crippen molar-refractivity contribution in [1.82, 2.24) is 10.6 Å². The van der Waals surface area contributed by atoms with E-state index in [-0.39, 0.29) is 12.1 Å². The lowest BCUT2D eigenvalue weighted by atomic mass is 10.1. The molecule has 0 saturated carbocycles. The Kier molecular flexibility index (Phi) is 5.61. The first-order valence-corrected chi connectivity index (χ1v) is 6.67. The molecule has 2 atom stereocenters. The predicted molar refractivity (Wildman–Crippen MR) is 66.3 cm³/mol. The highest BCUT2D eigenvalue weighted by Crippen LogP contribution is 2.16. The van der Waals surface area contributed by atoms with Gasteiger partial charge in [-0.3, -0.25) is 0 Å². The summed E-state index contributed by atoms with van der Waals surface area (Å²) in [6, 6.07) is 0.545. The lowest BCUT2D eigenvalue weighted by Gasteiger charge is -2.18. The Labute approximate surface area is 96.1 Å². The first kappa shape index (κ1) is 12.4. The van der Waals surface area contributed by atoms with E-state index >= 15 is 0 Å². The van der Waals surface area contributed by atoms with Crippen LogP contribution in [0, 0.1) is 0 Å². The second kappa shape index (κ2) is 6.77. The van der Waals surface area contributed by atoms with Gasteiger partial charge in [0.15, 0.2) is 0 Å². The van der Waals surface area contributed by atoms with Crippen LogP contribution in [-0.4, -0.2) is 29.6 Å². The third-order valence-electron chi connectivity index (χ3n) is 2.54. The molecule has 1 aliphatic heterocycles. The van der Waals surface area contributed by atoms with E-state index in [4.69, 9.17) is 0 Å². The van der Waals surface area contributed by atoms with Crippen molar-refractivity contribution in [3.05, 3.63) is 12.7 Å². The quantitative estimate of drug-likeness (QED) is 0.708. The zero-order valence-electron chi connectivity index (χ0n) is 9.29. The van der Waals surface area contributed by atoms with E-state index in [9.17, 15) is 4.79 Å². The van der Waals surface area contributed by atoms with Crippen molar-refractivity contribution in [1.29, 1.82) is 0 Å². The van der Waals surface area contributed by atoms with Crippen LogP contribution in [-0.2, 0) is 0 Å². The fourth-order valence-corrected chi connectivity index (χ4v) is 2.74. The van der Waals surface area contributed by atoms with Gasteiger partial charge in [-0.25, -0.2) is 4.79 Å². The summed E-state index contributed by atoms with van der Waals surface area (Å²) in [6.45, 7) is 5.75. The highest BCUT2D eigenvalue weighted by Gasteiger charge is 2.18. The Bertz CT molecular complexity index is 215. The number of thioether (sulfide) groups is 1. The number of urea groups is 1. The Morgan fingerprint density at radius 2 is 2.53 bits per heavy atom. The number of hydrogen-bond donors (Lipinski definition) is 2. The number of rotatable bonds is 5. The summed E-state index contributed by atoms with van der Waals surface area (Å²) in [5, 5.41) is 5.96. The number of hydrogen-bond acceptors (Lipinski definition) is 2. The van der Waals surface area contributed by atoms with E-state index < -0.39 is 0 Å². The molecule has 1 aliphatic rings. The van der Waals surface area contributed by atoms with Gasteiger partial charge in [-0.05, 0) is 25.0 Å². The summed E-state index contributed by atoms with van der Waals surface area (Å²) >= 11 is 1.90. The minimum absolute atomic E-state index is 0.0313. The monoisotopic (exact) mass is 228 g/mol. The maximum absolute atomic E-state index is 11.6. The Hall–Kier alpha value is -0.640. The van der Waals surface area contributed by atoms with Crippen LogP contribution in [0.15, 0.2) is 12.7 Å². The molecule has 3 nitrogen and oxygen atoms in total. The Morgan fingerprint density at radius 1 is 1.73 bits per heavy atom. The molecule has 1 rings (SSSR count). The molecule has 86 valence electrons. The Morgan fingerprint density at radius 3 is 3.07 bits per heavy atom. The van der Waals surface area contributed by atoms with E-state index in [0.29, 0.717) is 6.04 Å². The molecule has 1 heterocycles. The first-order valence-electron chi connectivity index (χ1n) is 5.52. The molecule has 0 aromatic heterocycles. The zero-order valence-corrected chi connectivity index (χ0v) is 10.1. The van der Waals surface area contributed by atoms with Crippen molar-refractivity contribution in [2.45, 2.75) is 38.3 Å². The number of nitrogens with one attached hydrogen (secondary N) is 2. The minimum Gasteiger partial charge on any atom is -0.335 e. The molecular formula is C11H20N2OS. The van der Waals surface area contributed by atoms with Crippen LogP contribution < -0.4 is 10.6 Å². The minimum atomic E-state index is -0.0313. The highest BCUT2D eigenvalue weighted by molar-refractivity contribution is 7.99. The van der Waals surface area contributed by atoms with Gasteiger partial charge in [-0.2, -0.15) is 11.8 Å². The summed E-state index contributed by atoms with van der Waals surface area (Å²) < 4.78 is 0. The predicted octanol–water partition coefficient (Wildman–Crippen LogP) is 2.15. The third kappa shape index (κ3) is 4.60. The van der Waals surface area contributed by atoms with Crippen molar-refractivity contribution in [2.24, 2.45) is 0 Å². The molecule has 1 fully saturated rings. The van der Waals surface area contributed by atoms with Crippen LogP contribution >= 0.6 is 11.8 Å². The summed E-state index contributed by atoms with van der Waals surface area (Å²) in [5.41, 5.74) is 0. The average molecular weight is 228 g/mol. The molecule has 2 unspecified atom stereocenters. The molecule has 0 radical (unpaired) electrons. The van der Waals surface area contributed by atoms with Gasteiger partial charge in [0.25, 0.3) is 0 Å². The van der Waals surface area contributed by atoms with Crippen LogP contribution in [0.25, 0.3) is 0 Å². The summed E-state index contributed by atoms with van der Waals surface area (Å²) in [5.74, 6) is 2.21. The molecule has 4 heteroatoms. The van der Waals surface area contributed by atoms with Crippen LogP contribution in [0.1, 0.15) is 26.2 Å². The normalized spacial score (nSPS) is 22.1. The van der Waals surface area contributed by atoms with E-state index in [1.54, 1.807) is 0 Å². The lowest BCUT2D eigenvalue weighted by Crippen LogP contribution is -2.46. The second-order valence-electron chi connectivity index (χ2n) is 3.81. The zero-order chi connectivity index (χ0) is 11.1. The first-order chi connectivity index (χ1) is 7.26. The summed E-state index contributed by atoms with van der Waals surface area (Å²) in [6.07, 6.45) is 4.72. The fraction of sp³-hybridized carbons (Fsp3) is 0.727. The van der Waals surface area contributed by atoms with Gasteiger partial charge >= 0.3 is 6.03 Å². The number of carbonyl (C=O) groups excluding carboxylic acids is 1. The van der Waals surface area contributed by atoms with Crippen molar-refractivity contribution in [3.63, 3.8) is 0 Å². The summed E-state index contributed by atoms with van der Waals surface area (Å²) in [4.78, 5) is 11.6. The molecule has 15 heavy (non-hydrogen) atoms. The van der Waals surface area contributed by atoms with E-state index in [1.807, 2.05) is 17.8 Å². The van der Waals surface area contributed by atoms with Gasteiger partial charge in [0.1, 0.15) is 0 Å². The molecule has 0 spiro atoms. The van der Waals surface area contributed by atoms with Crippen LogP contribution in [0.4, 0.5) is 4.79 Å². The number of amides is 2. The van der Waals surface area contributed by atoms with Gasteiger partial charge in [0, 0.05) is 17.8 Å². The van der Waals surface area contributed by atoms with Crippen LogP contribution in [0.2, 0.25) is 0 Å². The van der Waals surface area contributed by atoms with Crippen molar-refractivity contribution >= 4 is 17.8 Å². The summed E-state index contributed by atoms with van der Waals surface area (Å²) in [7, 11) is 0. The molecule has 0 aliphatic carbocycles. The van der Waals surface area contributed by atoms with E-state index in [1.165, 1.54) is 0 Å². The lowest BCUT2D eigenvalue weighted by molar-refractivity contribution is 0.233. The van der Waals surface area contributed by atoms with Gasteiger partial charge in [-0.1, -0.05) is 13.0 Å². The standard InChI is InChI=1S/C11H20N2OS/c1-3-5-9(4-2)12-11(14)13-10-6-7-15-8-10/h3,9-10H,1,4-8H2,2H3,(H2,12,13,14). The second-order valence-corrected chi connectivity index (χ2v) is 4.96. The Balaban J connectivity index is 2.23. The number of carbonyl (C=O) groups is 1. The van der Waals surface area contributed by atoms with Crippen molar-refractivity contribution in [2.75, 3.05) is 11.5 Å². The molecule has 2 N–H and O–H groups in total. The topological polar surface area (TPSA) is 41.1 Å². The fourth-order valence-electron chi connectivity index (χ4n) is 1.59. The molecule has 0 aromatic carbocycles. The van der Waals surface area contributed by atoms with Crippen molar-refractivity contribution < 1.29 is 4.79 Å². The smallest absolute Gasteiger partial charge is 0.315 e. The van der Waals surface area contributed by atoms with Crippen LogP contribution in [0.5, 0.6) is 0 Å². The maximum atomic E-state index is 11.6. The van der Waals surface area contributed by atoms with E-state index in [2.05, 4.69) is 24.1 Å². The van der Waals surface area contributed by atoms with Gasteiger partial charge < -0.3 is 10.6 Å².